The zero-order chi connectivity index (χ0) is 25.1. The van der Waals surface area contributed by atoms with Gasteiger partial charge in [0.15, 0.2) is 0 Å². The van der Waals surface area contributed by atoms with Crippen LogP contribution in [-0.2, 0) is 0 Å². The number of phenols is 2. The monoisotopic (exact) mass is 499 g/mol. The molecule has 4 aromatic rings. The number of phenolic OH excluding ortho intramolecular Hbond substituents is 2. The molecule has 0 saturated carbocycles. The second kappa shape index (κ2) is 10.3. The van der Waals surface area contributed by atoms with Crippen molar-refractivity contribution in [2.75, 3.05) is 31.1 Å². The molecule has 1 aromatic heterocycles. The summed E-state index contributed by atoms with van der Waals surface area (Å²) in [6.45, 7) is 2.62. The number of nitrogens with zero attached hydrogens (tertiary/aromatic N) is 3. The van der Waals surface area contributed by atoms with Crippen molar-refractivity contribution < 1.29 is 15.0 Å². The molecule has 2 N–H and O–H groups in total. The summed E-state index contributed by atoms with van der Waals surface area (Å²) in [5.41, 5.74) is 4.24. The van der Waals surface area contributed by atoms with Gasteiger partial charge in [-0.15, -0.1) is 0 Å². The third-order valence-corrected chi connectivity index (χ3v) is 6.82. The fraction of sp³-hybridized carbons (Fsp3) is 0.172. The molecule has 0 bridgehead atoms. The number of rotatable bonds is 5. The van der Waals surface area contributed by atoms with E-state index in [-0.39, 0.29) is 23.3 Å². The van der Waals surface area contributed by atoms with Crippen molar-refractivity contribution in [3.63, 3.8) is 0 Å². The van der Waals surface area contributed by atoms with Gasteiger partial charge in [0, 0.05) is 60.8 Å². The quantitative estimate of drug-likeness (QED) is 0.390. The normalized spacial score (nSPS) is 13.7. The van der Waals surface area contributed by atoms with Gasteiger partial charge in [0.05, 0.1) is 0 Å². The van der Waals surface area contributed by atoms with Crippen LogP contribution in [0.2, 0.25) is 5.02 Å². The van der Waals surface area contributed by atoms with E-state index in [4.69, 9.17) is 11.6 Å². The molecule has 1 saturated heterocycles. The van der Waals surface area contributed by atoms with Gasteiger partial charge < -0.3 is 20.0 Å². The highest BCUT2D eigenvalue weighted by molar-refractivity contribution is 6.30. The highest BCUT2D eigenvalue weighted by Gasteiger charge is 2.28. The largest absolute Gasteiger partial charge is 0.508 e. The maximum absolute atomic E-state index is 13.8. The summed E-state index contributed by atoms with van der Waals surface area (Å²) in [5, 5.41) is 20.4. The minimum absolute atomic E-state index is 0.0410. The Labute approximate surface area is 215 Å². The first kappa shape index (κ1) is 23.7. The zero-order valence-electron chi connectivity index (χ0n) is 19.6. The topological polar surface area (TPSA) is 76.9 Å². The van der Waals surface area contributed by atoms with E-state index in [9.17, 15) is 15.0 Å². The zero-order valence-corrected chi connectivity index (χ0v) is 20.3. The summed E-state index contributed by atoms with van der Waals surface area (Å²) in [4.78, 5) is 22.2. The number of carbonyl (C=O) groups is 1. The van der Waals surface area contributed by atoms with E-state index < -0.39 is 0 Å². The maximum atomic E-state index is 13.8. The summed E-state index contributed by atoms with van der Waals surface area (Å²) >= 11 is 6.16. The van der Waals surface area contributed by atoms with Gasteiger partial charge in [0.1, 0.15) is 11.5 Å². The van der Waals surface area contributed by atoms with Crippen LogP contribution >= 0.6 is 11.6 Å². The molecular formula is C29H26ClN3O3. The number of anilines is 1. The van der Waals surface area contributed by atoms with Gasteiger partial charge in [0.25, 0.3) is 5.91 Å². The van der Waals surface area contributed by atoms with E-state index in [1.807, 2.05) is 53.4 Å². The molecule has 7 heteroatoms. The molecule has 6 nitrogen and oxygen atoms in total. The molecule has 5 rings (SSSR count). The smallest absolute Gasteiger partial charge is 0.254 e. The lowest BCUT2D eigenvalue weighted by molar-refractivity contribution is 0.0745. The van der Waals surface area contributed by atoms with Gasteiger partial charge in [-0.05, 0) is 65.2 Å². The van der Waals surface area contributed by atoms with Crippen molar-refractivity contribution >= 4 is 23.2 Å². The van der Waals surface area contributed by atoms with E-state index in [1.54, 1.807) is 42.7 Å². The molecule has 0 unspecified atom stereocenters. The van der Waals surface area contributed by atoms with Crippen molar-refractivity contribution in [3.8, 4) is 11.5 Å². The van der Waals surface area contributed by atoms with Crippen LogP contribution in [0.3, 0.4) is 0 Å². The van der Waals surface area contributed by atoms with Crippen molar-refractivity contribution in [2.24, 2.45) is 0 Å². The number of hydrogen-bond donors (Lipinski definition) is 2. The second-order valence-electron chi connectivity index (χ2n) is 8.84. The Morgan fingerprint density at radius 3 is 2.03 bits per heavy atom. The first-order valence-corrected chi connectivity index (χ1v) is 12.2. The van der Waals surface area contributed by atoms with Crippen molar-refractivity contribution in [1.82, 2.24) is 9.88 Å². The van der Waals surface area contributed by atoms with Crippen LogP contribution in [0.25, 0.3) is 0 Å². The SMILES string of the molecule is O=C(c1ccncc1C(c1ccc(O)cc1)c1ccc(O)cc1)N1CCN(c2cccc(Cl)c2)CC1. The van der Waals surface area contributed by atoms with E-state index in [1.165, 1.54) is 0 Å². The summed E-state index contributed by atoms with van der Waals surface area (Å²) in [7, 11) is 0. The standard InChI is InChI=1S/C29H26ClN3O3/c30-22-2-1-3-23(18-22)32-14-16-33(17-15-32)29(36)26-12-13-31-19-27(26)28(20-4-8-24(34)9-5-20)21-6-10-25(35)11-7-21/h1-13,18-19,28,34-35H,14-17H2. The van der Waals surface area contributed by atoms with Gasteiger partial charge in [-0.2, -0.15) is 0 Å². The van der Waals surface area contributed by atoms with Crippen LogP contribution in [0.4, 0.5) is 5.69 Å². The minimum Gasteiger partial charge on any atom is -0.508 e. The molecule has 3 aromatic carbocycles. The lowest BCUT2D eigenvalue weighted by Gasteiger charge is -2.36. The average Bonchev–Trinajstić information content (AvgIpc) is 2.91. The van der Waals surface area contributed by atoms with Crippen LogP contribution in [0.1, 0.15) is 33.0 Å². The molecular weight excluding hydrogens is 474 g/mol. The Bertz CT molecular complexity index is 1310. The Morgan fingerprint density at radius 2 is 1.44 bits per heavy atom. The van der Waals surface area contributed by atoms with Gasteiger partial charge >= 0.3 is 0 Å². The number of piperazine rings is 1. The van der Waals surface area contributed by atoms with Crippen molar-refractivity contribution in [2.45, 2.75) is 5.92 Å². The number of aromatic hydroxyl groups is 2. The van der Waals surface area contributed by atoms with Crippen LogP contribution in [0, 0.1) is 0 Å². The van der Waals surface area contributed by atoms with E-state index in [0.29, 0.717) is 36.8 Å². The summed E-state index contributed by atoms with van der Waals surface area (Å²) in [5.74, 6) is -0.00108. The molecule has 0 spiro atoms. The number of amides is 1. The van der Waals surface area contributed by atoms with E-state index >= 15 is 0 Å². The fourth-order valence-corrected chi connectivity index (χ4v) is 4.91. The van der Waals surface area contributed by atoms with E-state index in [2.05, 4.69) is 9.88 Å². The molecule has 2 heterocycles. The number of carbonyl (C=O) groups excluding carboxylic acids is 1. The highest BCUT2D eigenvalue weighted by atomic mass is 35.5. The molecule has 1 fully saturated rings. The predicted molar refractivity (Wildman–Crippen MR) is 141 cm³/mol. The Kier molecular flexibility index (Phi) is 6.78. The van der Waals surface area contributed by atoms with Crippen LogP contribution in [-0.4, -0.2) is 52.2 Å². The lowest BCUT2D eigenvalue weighted by Crippen LogP contribution is -2.49. The first-order valence-electron chi connectivity index (χ1n) is 11.8. The second-order valence-corrected chi connectivity index (χ2v) is 9.27. The van der Waals surface area contributed by atoms with Gasteiger partial charge in [-0.3, -0.25) is 9.78 Å². The third kappa shape index (κ3) is 4.99. The fourth-order valence-electron chi connectivity index (χ4n) is 4.73. The molecule has 0 aliphatic carbocycles. The van der Waals surface area contributed by atoms with Gasteiger partial charge in [-0.1, -0.05) is 41.9 Å². The Hall–Kier alpha value is -4.03. The van der Waals surface area contributed by atoms with Crippen molar-refractivity contribution in [1.29, 1.82) is 0 Å². The number of benzene rings is 3. The molecule has 182 valence electrons. The van der Waals surface area contributed by atoms with Crippen molar-refractivity contribution in [3.05, 3.63) is 119 Å². The van der Waals surface area contributed by atoms with Crippen LogP contribution in [0.5, 0.6) is 11.5 Å². The number of aromatic nitrogens is 1. The summed E-state index contributed by atoms with van der Waals surface area (Å²) in [6, 6.07) is 23.5. The van der Waals surface area contributed by atoms with E-state index in [0.717, 1.165) is 22.4 Å². The third-order valence-electron chi connectivity index (χ3n) is 6.59. The number of halogens is 1. The first-order chi connectivity index (χ1) is 17.5. The molecule has 1 aliphatic heterocycles. The molecule has 0 atom stereocenters. The summed E-state index contributed by atoms with van der Waals surface area (Å²) in [6.07, 6.45) is 3.38. The molecule has 1 aliphatic rings. The van der Waals surface area contributed by atoms with Crippen LogP contribution in [0.15, 0.2) is 91.3 Å². The highest BCUT2D eigenvalue weighted by Crippen LogP contribution is 2.35. The molecule has 36 heavy (non-hydrogen) atoms. The molecule has 0 radical (unpaired) electrons. The average molecular weight is 500 g/mol. The number of pyridine rings is 1. The molecule has 1 amide bonds. The Morgan fingerprint density at radius 1 is 0.833 bits per heavy atom. The van der Waals surface area contributed by atoms with Gasteiger partial charge in [-0.25, -0.2) is 0 Å². The van der Waals surface area contributed by atoms with Gasteiger partial charge in [0.2, 0.25) is 0 Å². The van der Waals surface area contributed by atoms with Crippen LogP contribution < -0.4 is 4.90 Å². The Balaban J connectivity index is 1.45. The summed E-state index contributed by atoms with van der Waals surface area (Å²) < 4.78 is 0. The minimum atomic E-state index is -0.299. The maximum Gasteiger partial charge on any atom is 0.254 e. The predicted octanol–water partition coefficient (Wildman–Crippen LogP) is 5.29. The number of hydrogen-bond acceptors (Lipinski definition) is 5. The lowest BCUT2D eigenvalue weighted by atomic mass is 9.83.